The third-order valence-electron chi connectivity index (χ3n) is 2.73. The minimum absolute atomic E-state index is 0.0318. The average Bonchev–Trinajstić information content (AvgIpc) is 2.77. The highest BCUT2D eigenvalue weighted by Crippen LogP contribution is 2.18. The zero-order valence-electron chi connectivity index (χ0n) is 11.8. The van der Waals surface area contributed by atoms with Gasteiger partial charge in [0.15, 0.2) is 0 Å². The summed E-state index contributed by atoms with van der Waals surface area (Å²) in [6, 6.07) is 4.35. The van der Waals surface area contributed by atoms with E-state index in [1.165, 1.54) is 12.1 Å². The van der Waals surface area contributed by atoms with Crippen molar-refractivity contribution in [2.45, 2.75) is 39.4 Å². The Hall–Kier alpha value is -1.46. The third-order valence-corrected chi connectivity index (χ3v) is 3.09. The monoisotopic (exact) mass is 296 g/mol. The van der Waals surface area contributed by atoms with Crippen molar-refractivity contribution < 1.29 is 4.39 Å². The minimum Gasteiger partial charge on any atom is -0.306 e. The van der Waals surface area contributed by atoms with Crippen LogP contribution in [0, 0.1) is 5.82 Å². The van der Waals surface area contributed by atoms with Crippen LogP contribution in [0.3, 0.4) is 0 Å². The lowest BCUT2D eigenvalue weighted by Crippen LogP contribution is -2.35. The Labute approximate surface area is 122 Å². The molecule has 2 aromatic rings. The number of hydrogen-bond acceptors (Lipinski definition) is 3. The number of halogens is 2. The SMILES string of the molecule is CC(C)(C)NCc1cn(Cc2ccc(F)cc2Cl)nn1. The smallest absolute Gasteiger partial charge is 0.124 e. The maximum Gasteiger partial charge on any atom is 0.124 e. The van der Waals surface area contributed by atoms with Gasteiger partial charge in [0.1, 0.15) is 5.82 Å². The molecule has 0 amide bonds. The van der Waals surface area contributed by atoms with Crippen LogP contribution in [0.4, 0.5) is 4.39 Å². The molecule has 0 aliphatic heterocycles. The summed E-state index contributed by atoms with van der Waals surface area (Å²) in [4.78, 5) is 0. The molecule has 1 aromatic carbocycles. The fourth-order valence-electron chi connectivity index (χ4n) is 1.68. The van der Waals surface area contributed by atoms with Crippen molar-refractivity contribution in [1.82, 2.24) is 20.3 Å². The quantitative estimate of drug-likeness (QED) is 0.943. The van der Waals surface area contributed by atoms with E-state index in [2.05, 4.69) is 36.4 Å². The normalized spacial score (nSPS) is 11.8. The third kappa shape index (κ3) is 4.28. The second-order valence-corrected chi connectivity index (χ2v) is 6.15. The molecule has 0 saturated carbocycles. The predicted octanol–water partition coefficient (Wildman–Crippen LogP) is 3.01. The van der Waals surface area contributed by atoms with Gasteiger partial charge in [0.05, 0.1) is 18.4 Å². The van der Waals surface area contributed by atoms with Gasteiger partial charge >= 0.3 is 0 Å². The Balaban J connectivity index is 2.02. The minimum atomic E-state index is -0.340. The van der Waals surface area contributed by atoms with Crippen LogP contribution in [0.15, 0.2) is 24.4 Å². The molecule has 108 valence electrons. The molecule has 1 N–H and O–H groups in total. The van der Waals surface area contributed by atoms with E-state index in [1.807, 2.05) is 6.20 Å². The van der Waals surface area contributed by atoms with Crippen LogP contribution in [0.2, 0.25) is 5.02 Å². The Morgan fingerprint density at radius 2 is 2.10 bits per heavy atom. The summed E-state index contributed by atoms with van der Waals surface area (Å²) in [6.45, 7) is 7.41. The van der Waals surface area contributed by atoms with Gasteiger partial charge in [-0.3, -0.25) is 0 Å². The van der Waals surface area contributed by atoms with Crippen LogP contribution in [0.25, 0.3) is 0 Å². The van der Waals surface area contributed by atoms with Crippen LogP contribution in [0.1, 0.15) is 32.0 Å². The van der Waals surface area contributed by atoms with Gasteiger partial charge in [-0.2, -0.15) is 0 Å². The first kappa shape index (κ1) is 14.9. The van der Waals surface area contributed by atoms with Gasteiger partial charge in [0.2, 0.25) is 0 Å². The molecular formula is C14H18ClFN4. The Morgan fingerprint density at radius 1 is 1.35 bits per heavy atom. The summed E-state index contributed by atoms with van der Waals surface area (Å²) >= 11 is 5.99. The van der Waals surface area contributed by atoms with E-state index >= 15 is 0 Å². The van der Waals surface area contributed by atoms with E-state index in [0.717, 1.165) is 11.3 Å². The molecule has 1 heterocycles. The van der Waals surface area contributed by atoms with Gasteiger partial charge in [0, 0.05) is 17.1 Å². The number of rotatable bonds is 4. The fourth-order valence-corrected chi connectivity index (χ4v) is 1.90. The van der Waals surface area contributed by atoms with Crippen molar-refractivity contribution in [3.05, 3.63) is 46.5 Å². The first-order chi connectivity index (χ1) is 9.33. The van der Waals surface area contributed by atoms with Gasteiger partial charge in [-0.1, -0.05) is 22.9 Å². The van der Waals surface area contributed by atoms with Crippen LogP contribution in [-0.2, 0) is 13.1 Å². The van der Waals surface area contributed by atoms with E-state index < -0.39 is 0 Å². The van der Waals surface area contributed by atoms with Crippen molar-refractivity contribution in [2.24, 2.45) is 0 Å². The maximum atomic E-state index is 13.0. The summed E-state index contributed by atoms with van der Waals surface area (Å²) in [7, 11) is 0. The second kappa shape index (κ2) is 5.89. The highest BCUT2D eigenvalue weighted by Gasteiger charge is 2.10. The lowest BCUT2D eigenvalue weighted by atomic mass is 10.1. The van der Waals surface area contributed by atoms with E-state index in [-0.39, 0.29) is 11.4 Å². The summed E-state index contributed by atoms with van der Waals surface area (Å²) < 4.78 is 14.7. The molecule has 0 aliphatic carbocycles. The van der Waals surface area contributed by atoms with E-state index in [1.54, 1.807) is 10.7 Å². The summed E-state index contributed by atoms with van der Waals surface area (Å²) in [6.07, 6.45) is 1.86. The number of hydrogen-bond donors (Lipinski definition) is 1. The average molecular weight is 297 g/mol. The molecule has 0 bridgehead atoms. The lowest BCUT2D eigenvalue weighted by molar-refractivity contribution is 0.421. The van der Waals surface area contributed by atoms with Crippen molar-refractivity contribution >= 4 is 11.6 Å². The zero-order chi connectivity index (χ0) is 14.8. The molecule has 0 spiro atoms. The summed E-state index contributed by atoms with van der Waals surface area (Å²) in [5.41, 5.74) is 1.70. The van der Waals surface area contributed by atoms with Gasteiger partial charge < -0.3 is 5.32 Å². The molecule has 1 aromatic heterocycles. The molecule has 6 heteroatoms. The number of nitrogens with zero attached hydrogens (tertiary/aromatic N) is 3. The largest absolute Gasteiger partial charge is 0.306 e. The highest BCUT2D eigenvalue weighted by molar-refractivity contribution is 6.31. The first-order valence-corrected chi connectivity index (χ1v) is 6.79. The number of nitrogens with one attached hydrogen (secondary N) is 1. The molecule has 4 nitrogen and oxygen atoms in total. The summed E-state index contributed by atoms with van der Waals surface area (Å²) in [5, 5.41) is 11.9. The van der Waals surface area contributed by atoms with E-state index in [9.17, 15) is 4.39 Å². The maximum absolute atomic E-state index is 13.0. The van der Waals surface area contributed by atoms with Gasteiger partial charge in [0.25, 0.3) is 0 Å². The molecular weight excluding hydrogens is 279 g/mol. The van der Waals surface area contributed by atoms with Gasteiger partial charge in [-0.15, -0.1) is 5.10 Å². The van der Waals surface area contributed by atoms with Crippen molar-refractivity contribution in [2.75, 3.05) is 0 Å². The van der Waals surface area contributed by atoms with Gasteiger partial charge in [-0.05, 0) is 38.5 Å². The van der Waals surface area contributed by atoms with Crippen LogP contribution >= 0.6 is 11.6 Å². The molecule has 20 heavy (non-hydrogen) atoms. The first-order valence-electron chi connectivity index (χ1n) is 6.41. The molecule has 0 atom stereocenters. The molecule has 0 saturated heterocycles. The van der Waals surface area contributed by atoms with Crippen LogP contribution in [-0.4, -0.2) is 20.5 Å². The van der Waals surface area contributed by atoms with E-state index in [4.69, 9.17) is 11.6 Å². The topological polar surface area (TPSA) is 42.7 Å². The van der Waals surface area contributed by atoms with Gasteiger partial charge in [-0.25, -0.2) is 9.07 Å². The van der Waals surface area contributed by atoms with Crippen molar-refractivity contribution in [3.8, 4) is 0 Å². The molecule has 2 rings (SSSR count). The Bertz CT molecular complexity index is 589. The Morgan fingerprint density at radius 3 is 2.75 bits per heavy atom. The molecule has 0 aliphatic rings. The van der Waals surface area contributed by atoms with Crippen molar-refractivity contribution in [1.29, 1.82) is 0 Å². The molecule has 0 fully saturated rings. The molecule has 0 radical (unpaired) electrons. The van der Waals surface area contributed by atoms with E-state index in [0.29, 0.717) is 18.1 Å². The van der Waals surface area contributed by atoms with Crippen LogP contribution in [0.5, 0.6) is 0 Å². The zero-order valence-corrected chi connectivity index (χ0v) is 12.6. The van der Waals surface area contributed by atoms with Crippen LogP contribution < -0.4 is 5.32 Å². The highest BCUT2D eigenvalue weighted by atomic mass is 35.5. The van der Waals surface area contributed by atoms with Crippen molar-refractivity contribution in [3.63, 3.8) is 0 Å². The Kier molecular flexibility index (Phi) is 4.40. The number of benzene rings is 1. The second-order valence-electron chi connectivity index (χ2n) is 5.75. The number of aromatic nitrogens is 3. The fraction of sp³-hybridized carbons (Fsp3) is 0.429. The summed E-state index contributed by atoms with van der Waals surface area (Å²) in [5.74, 6) is -0.340. The molecule has 0 unspecified atom stereocenters. The lowest BCUT2D eigenvalue weighted by Gasteiger charge is -2.19. The standard InChI is InChI=1S/C14H18ClFN4/c1-14(2,3)17-7-12-9-20(19-18-12)8-10-4-5-11(16)6-13(10)15/h4-6,9,17H,7-8H2,1-3H3. The predicted molar refractivity (Wildman–Crippen MR) is 77.1 cm³/mol.